The molecule has 5 heteroatoms. The molecule has 0 aliphatic carbocycles. The number of aryl methyl sites for hydroxylation is 1. The Balaban J connectivity index is 1.60. The predicted octanol–water partition coefficient (Wildman–Crippen LogP) is 3.74. The number of benzene rings is 1. The van der Waals surface area contributed by atoms with Crippen LogP contribution in [0.5, 0.6) is 0 Å². The number of morpholine rings is 1. The van der Waals surface area contributed by atoms with Crippen LogP contribution in [0, 0.1) is 6.92 Å². The lowest BCUT2D eigenvalue weighted by Gasteiger charge is -2.37. The maximum Gasteiger partial charge on any atom is 0.290 e. The van der Waals surface area contributed by atoms with E-state index in [4.69, 9.17) is 9.15 Å². The minimum atomic E-state index is -0.119. The molecule has 0 unspecified atom stereocenters. The molecule has 4 rings (SSSR count). The summed E-state index contributed by atoms with van der Waals surface area (Å²) in [6.07, 6.45) is -0.119. The Kier molecular flexibility index (Phi) is 4.01. The maximum atomic E-state index is 13.0. The predicted molar refractivity (Wildman–Crippen MR) is 94.4 cm³/mol. The monoisotopic (exact) mass is 336 g/mol. The lowest BCUT2D eigenvalue weighted by atomic mass is 10.1. The number of aromatic nitrogens is 1. The summed E-state index contributed by atoms with van der Waals surface area (Å²) in [5.41, 5.74) is 3.32. The molecule has 0 spiro atoms. The topological polar surface area (TPSA) is 55.6 Å². The van der Waals surface area contributed by atoms with Gasteiger partial charge in [0.05, 0.1) is 19.2 Å². The van der Waals surface area contributed by atoms with Crippen molar-refractivity contribution in [2.75, 3.05) is 13.2 Å². The zero-order valence-electron chi connectivity index (χ0n) is 14.3. The molecule has 0 saturated carbocycles. The van der Waals surface area contributed by atoms with E-state index in [1.807, 2.05) is 61.2 Å². The van der Waals surface area contributed by atoms with Gasteiger partial charge in [-0.25, -0.2) is 4.98 Å². The number of amides is 1. The maximum absolute atomic E-state index is 13.0. The number of carbonyl (C=O) groups is 1. The van der Waals surface area contributed by atoms with Crippen LogP contribution < -0.4 is 0 Å². The van der Waals surface area contributed by atoms with Crippen molar-refractivity contribution in [3.05, 3.63) is 65.5 Å². The number of pyridine rings is 1. The van der Waals surface area contributed by atoms with E-state index in [2.05, 4.69) is 4.98 Å². The van der Waals surface area contributed by atoms with E-state index < -0.39 is 0 Å². The van der Waals surface area contributed by atoms with Gasteiger partial charge in [-0.05, 0) is 31.5 Å². The van der Waals surface area contributed by atoms with Gasteiger partial charge in [0.25, 0.3) is 5.91 Å². The fraction of sp³-hybridized carbons (Fsp3) is 0.300. The Morgan fingerprint density at radius 2 is 2.00 bits per heavy atom. The smallest absolute Gasteiger partial charge is 0.290 e. The number of hydrogen-bond donors (Lipinski definition) is 0. The number of ether oxygens (including phenoxy) is 1. The zero-order chi connectivity index (χ0) is 17.4. The third-order valence-corrected chi connectivity index (χ3v) is 4.59. The summed E-state index contributed by atoms with van der Waals surface area (Å²) in [6.45, 7) is 4.92. The van der Waals surface area contributed by atoms with Gasteiger partial charge in [0, 0.05) is 11.8 Å². The SMILES string of the molecule is Cc1ccc2oc(C(=O)N3C[C@H](c4ccccc4)OC[C@@H]3C)cc2n1. The normalized spacial score (nSPS) is 20.8. The van der Waals surface area contributed by atoms with E-state index in [-0.39, 0.29) is 18.1 Å². The van der Waals surface area contributed by atoms with Crippen LogP contribution in [0.3, 0.4) is 0 Å². The molecule has 1 saturated heterocycles. The summed E-state index contributed by atoms with van der Waals surface area (Å²) in [7, 11) is 0. The van der Waals surface area contributed by atoms with Gasteiger partial charge in [0.1, 0.15) is 11.6 Å². The third-order valence-electron chi connectivity index (χ3n) is 4.59. The molecule has 1 aliphatic heterocycles. The first-order valence-corrected chi connectivity index (χ1v) is 8.46. The fourth-order valence-electron chi connectivity index (χ4n) is 3.18. The summed E-state index contributed by atoms with van der Waals surface area (Å²) < 4.78 is 11.7. The van der Waals surface area contributed by atoms with Crippen molar-refractivity contribution >= 4 is 17.0 Å². The minimum Gasteiger partial charge on any atom is -0.449 e. The third kappa shape index (κ3) is 3.03. The summed E-state index contributed by atoms with van der Waals surface area (Å²) in [5.74, 6) is 0.209. The van der Waals surface area contributed by atoms with Gasteiger partial charge in [-0.3, -0.25) is 4.79 Å². The molecule has 2 aromatic heterocycles. The first-order valence-electron chi connectivity index (χ1n) is 8.46. The van der Waals surface area contributed by atoms with Crippen molar-refractivity contribution in [2.24, 2.45) is 0 Å². The number of fused-ring (bicyclic) bond motifs is 1. The van der Waals surface area contributed by atoms with Gasteiger partial charge in [-0.15, -0.1) is 0 Å². The van der Waals surface area contributed by atoms with Gasteiger partial charge in [0.15, 0.2) is 11.3 Å². The quantitative estimate of drug-likeness (QED) is 0.715. The standard InChI is InChI=1S/C20H20N2O3/c1-13-8-9-17-16(21-13)10-18(25-17)20(23)22-11-19(24-12-14(22)2)15-6-4-3-5-7-15/h3-10,14,19H,11-12H2,1-2H3/t14-,19+/m0/s1. The highest BCUT2D eigenvalue weighted by molar-refractivity contribution is 5.95. The van der Waals surface area contributed by atoms with E-state index in [1.54, 1.807) is 6.07 Å². The number of carbonyl (C=O) groups excluding carboxylic acids is 1. The van der Waals surface area contributed by atoms with Crippen LogP contribution in [0.25, 0.3) is 11.1 Å². The second-order valence-electron chi connectivity index (χ2n) is 6.49. The molecule has 1 amide bonds. The number of furan rings is 1. The number of nitrogens with zero attached hydrogens (tertiary/aromatic N) is 2. The molecule has 2 atom stereocenters. The second kappa shape index (κ2) is 6.33. The van der Waals surface area contributed by atoms with E-state index in [1.165, 1.54) is 0 Å². The molecule has 3 aromatic rings. The second-order valence-corrected chi connectivity index (χ2v) is 6.49. The van der Waals surface area contributed by atoms with Crippen molar-refractivity contribution in [3.63, 3.8) is 0 Å². The zero-order valence-corrected chi connectivity index (χ0v) is 14.3. The van der Waals surface area contributed by atoms with Crippen LogP contribution in [0.15, 0.2) is 52.9 Å². The molecule has 0 N–H and O–H groups in total. The van der Waals surface area contributed by atoms with Crippen molar-refractivity contribution in [3.8, 4) is 0 Å². The van der Waals surface area contributed by atoms with E-state index >= 15 is 0 Å². The van der Waals surface area contributed by atoms with Gasteiger partial charge >= 0.3 is 0 Å². The van der Waals surface area contributed by atoms with Crippen LogP contribution in [0.2, 0.25) is 0 Å². The Bertz CT molecular complexity index is 904. The van der Waals surface area contributed by atoms with Crippen molar-refractivity contribution < 1.29 is 13.9 Å². The highest BCUT2D eigenvalue weighted by atomic mass is 16.5. The fourth-order valence-corrected chi connectivity index (χ4v) is 3.18. The first-order chi connectivity index (χ1) is 12.1. The van der Waals surface area contributed by atoms with Crippen LogP contribution in [-0.4, -0.2) is 35.0 Å². The van der Waals surface area contributed by atoms with E-state index in [0.717, 1.165) is 11.3 Å². The number of rotatable bonds is 2. The molecule has 1 aliphatic rings. The summed E-state index contributed by atoms with van der Waals surface area (Å²) in [4.78, 5) is 19.2. The van der Waals surface area contributed by atoms with Crippen molar-refractivity contribution in [2.45, 2.75) is 26.0 Å². The van der Waals surface area contributed by atoms with Crippen molar-refractivity contribution in [1.82, 2.24) is 9.88 Å². The summed E-state index contributed by atoms with van der Waals surface area (Å²) >= 11 is 0. The average Bonchev–Trinajstić information content (AvgIpc) is 3.05. The Morgan fingerprint density at radius 3 is 2.80 bits per heavy atom. The van der Waals surface area contributed by atoms with Gasteiger partial charge in [-0.1, -0.05) is 30.3 Å². The molecule has 25 heavy (non-hydrogen) atoms. The summed E-state index contributed by atoms with van der Waals surface area (Å²) in [5, 5.41) is 0. The van der Waals surface area contributed by atoms with E-state index in [9.17, 15) is 4.79 Å². The van der Waals surface area contributed by atoms with Gasteiger partial charge < -0.3 is 14.1 Å². The molecular weight excluding hydrogens is 316 g/mol. The van der Waals surface area contributed by atoms with Crippen LogP contribution in [-0.2, 0) is 4.74 Å². The van der Waals surface area contributed by atoms with Crippen LogP contribution in [0.1, 0.15) is 34.8 Å². The Labute approximate surface area is 146 Å². The highest BCUT2D eigenvalue weighted by Crippen LogP contribution is 2.27. The van der Waals surface area contributed by atoms with E-state index in [0.29, 0.717) is 30.0 Å². The molecule has 128 valence electrons. The molecule has 0 radical (unpaired) electrons. The summed E-state index contributed by atoms with van der Waals surface area (Å²) in [6, 6.07) is 15.4. The molecule has 3 heterocycles. The van der Waals surface area contributed by atoms with Crippen molar-refractivity contribution in [1.29, 1.82) is 0 Å². The van der Waals surface area contributed by atoms with Crippen LogP contribution in [0.4, 0.5) is 0 Å². The molecule has 1 fully saturated rings. The lowest BCUT2D eigenvalue weighted by Crippen LogP contribution is -2.48. The first kappa shape index (κ1) is 15.8. The molecular formula is C20H20N2O3. The molecule has 1 aromatic carbocycles. The van der Waals surface area contributed by atoms with Crippen LogP contribution >= 0.6 is 0 Å². The lowest BCUT2D eigenvalue weighted by molar-refractivity contribution is -0.0494. The highest BCUT2D eigenvalue weighted by Gasteiger charge is 2.32. The number of hydrogen-bond acceptors (Lipinski definition) is 4. The Morgan fingerprint density at radius 1 is 1.20 bits per heavy atom. The minimum absolute atomic E-state index is 0.00429. The molecule has 5 nitrogen and oxygen atoms in total. The van der Waals surface area contributed by atoms with Gasteiger partial charge in [0.2, 0.25) is 0 Å². The molecule has 0 bridgehead atoms. The average molecular weight is 336 g/mol. The van der Waals surface area contributed by atoms with Gasteiger partial charge in [-0.2, -0.15) is 0 Å². The Hall–Kier alpha value is -2.66. The largest absolute Gasteiger partial charge is 0.449 e.